The van der Waals surface area contributed by atoms with Crippen molar-refractivity contribution in [3.63, 3.8) is 0 Å². The largest absolute Gasteiger partial charge is 0.484 e. The van der Waals surface area contributed by atoms with Gasteiger partial charge in [0.1, 0.15) is 17.9 Å². The Morgan fingerprint density at radius 2 is 1.80 bits per heavy atom. The molecule has 0 spiro atoms. The third kappa shape index (κ3) is 4.79. The van der Waals surface area contributed by atoms with Gasteiger partial charge in [0, 0.05) is 48.4 Å². The van der Waals surface area contributed by atoms with Crippen molar-refractivity contribution in [3.8, 4) is 16.9 Å². The average Bonchev–Trinajstić information content (AvgIpc) is 2.79. The number of ether oxygens (including phenoxy) is 1. The van der Waals surface area contributed by atoms with Gasteiger partial charge in [0.25, 0.3) is 5.91 Å². The van der Waals surface area contributed by atoms with Crippen molar-refractivity contribution in [3.05, 3.63) is 72.3 Å². The summed E-state index contributed by atoms with van der Waals surface area (Å²) in [6, 6.07) is 9.81. The Balaban J connectivity index is 1.35. The number of nitrogens with zero attached hydrogens (tertiary/aromatic N) is 4. The number of rotatable bonds is 5. The summed E-state index contributed by atoms with van der Waals surface area (Å²) in [4.78, 5) is 27.2. The molecule has 1 aliphatic heterocycles. The molecule has 0 unspecified atom stereocenters. The number of piperidine rings is 1. The van der Waals surface area contributed by atoms with E-state index in [0.717, 1.165) is 35.4 Å². The minimum absolute atomic E-state index is 0.0445. The standard InChI is InChI=1S/C23H23FN4O2/c1-16-10-18(19-12-25-15-26-13-19)11-22(27-16)17-6-8-28(9-7-17)23(29)14-30-21-4-2-20(24)3-5-21/h2-5,10-13,15,17H,6-9,14H2,1H3. The summed E-state index contributed by atoms with van der Waals surface area (Å²) >= 11 is 0. The van der Waals surface area contributed by atoms with Crippen LogP contribution < -0.4 is 4.74 Å². The van der Waals surface area contributed by atoms with Crippen LogP contribution in [0.25, 0.3) is 11.1 Å². The van der Waals surface area contributed by atoms with E-state index in [1.807, 2.05) is 17.9 Å². The van der Waals surface area contributed by atoms with Crippen LogP contribution >= 0.6 is 0 Å². The molecule has 0 saturated carbocycles. The molecule has 4 rings (SSSR count). The van der Waals surface area contributed by atoms with Gasteiger partial charge in [-0.2, -0.15) is 0 Å². The first-order valence-electron chi connectivity index (χ1n) is 9.98. The molecule has 1 fully saturated rings. The molecule has 2 aromatic heterocycles. The second kappa shape index (κ2) is 8.98. The van der Waals surface area contributed by atoms with Crippen LogP contribution in [0.3, 0.4) is 0 Å². The van der Waals surface area contributed by atoms with Gasteiger partial charge in [-0.3, -0.25) is 9.78 Å². The predicted octanol–water partition coefficient (Wildman–Crippen LogP) is 3.77. The number of aromatic nitrogens is 3. The van der Waals surface area contributed by atoms with Gasteiger partial charge in [-0.25, -0.2) is 14.4 Å². The number of carbonyl (C=O) groups excluding carboxylic acids is 1. The third-order valence-corrected chi connectivity index (χ3v) is 5.31. The number of benzene rings is 1. The average molecular weight is 406 g/mol. The van der Waals surface area contributed by atoms with E-state index in [2.05, 4.69) is 16.0 Å². The van der Waals surface area contributed by atoms with Gasteiger partial charge in [-0.1, -0.05) is 0 Å². The maximum Gasteiger partial charge on any atom is 0.260 e. The van der Waals surface area contributed by atoms with Crippen LogP contribution in [0.2, 0.25) is 0 Å². The SMILES string of the molecule is Cc1cc(-c2cncnc2)cc(C2CCN(C(=O)COc3ccc(F)cc3)CC2)n1. The van der Waals surface area contributed by atoms with Crippen molar-refractivity contribution >= 4 is 5.91 Å². The van der Waals surface area contributed by atoms with E-state index < -0.39 is 0 Å². The highest BCUT2D eigenvalue weighted by Crippen LogP contribution is 2.30. The van der Waals surface area contributed by atoms with E-state index in [9.17, 15) is 9.18 Å². The van der Waals surface area contributed by atoms with E-state index in [1.165, 1.54) is 30.6 Å². The van der Waals surface area contributed by atoms with E-state index in [0.29, 0.717) is 24.8 Å². The number of carbonyl (C=O) groups is 1. The maximum absolute atomic E-state index is 13.0. The highest BCUT2D eigenvalue weighted by Gasteiger charge is 2.25. The summed E-state index contributed by atoms with van der Waals surface area (Å²) in [5, 5.41) is 0. The molecule has 0 atom stereocenters. The van der Waals surface area contributed by atoms with Crippen LogP contribution in [0.15, 0.2) is 55.1 Å². The summed E-state index contributed by atoms with van der Waals surface area (Å²) < 4.78 is 18.4. The Kier molecular flexibility index (Phi) is 5.97. The van der Waals surface area contributed by atoms with Gasteiger partial charge in [-0.05, 0) is 61.7 Å². The Labute approximate surface area is 174 Å². The van der Waals surface area contributed by atoms with E-state index in [4.69, 9.17) is 9.72 Å². The summed E-state index contributed by atoms with van der Waals surface area (Å²) in [6.07, 6.45) is 6.82. The molecule has 7 heteroatoms. The van der Waals surface area contributed by atoms with Crippen LogP contribution in [-0.2, 0) is 4.79 Å². The Morgan fingerprint density at radius 1 is 1.10 bits per heavy atom. The number of hydrogen-bond donors (Lipinski definition) is 0. The van der Waals surface area contributed by atoms with E-state index >= 15 is 0 Å². The maximum atomic E-state index is 13.0. The highest BCUT2D eigenvalue weighted by molar-refractivity contribution is 5.77. The number of aryl methyl sites for hydroxylation is 1. The van der Waals surface area contributed by atoms with Crippen LogP contribution in [0.1, 0.15) is 30.1 Å². The van der Waals surface area contributed by atoms with Crippen LogP contribution in [-0.4, -0.2) is 45.5 Å². The third-order valence-electron chi connectivity index (χ3n) is 5.31. The molecule has 0 bridgehead atoms. The first-order chi connectivity index (χ1) is 14.6. The van der Waals surface area contributed by atoms with Crippen LogP contribution in [0.4, 0.5) is 4.39 Å². The zero-order chi connectivity index (χ0) is 20.9. The lowest BCUT2D eigenvalue weighted by Gasteiger charge is -2.32. The molecule has 30 heavy (non-hydrogen) atoms. The van der Waals surface area contributed by atoms with Gasteiger partial charge in [0.15, 0.2) is 6.61 Å². The Morgan fingerprint density at radius 3 is 2.50 bits per heavy atom. The molecule has 0 radical (unpaired) electrons. The molecule has 3 aromatic rings. The smallest absolute Gasteiger partial charge is 0.260 e. The lowest BCUT2D eigenvalue weighted by Crippen LogP contribution is -2.40. The van der Waals surface area contributed by atoms with Crippen molar-refractivity contribution in [1.29, 1.82) is 0 Å². The minimum Gasteiger partial charge on any atom is -0.484 e. The molecule has 1 saturated heterocycles. The summed E-state index contributed by atoms with van der Waals surface area (Å²) in [5.41, 5.74) is 4.03. The van der Waals surface area contributed by atoms with Crippen LogP contribution in [0.5, 0.6) is 5.75 Å². The molecule has 6 nitrogen and oxygen atoms in total. The lowest BCUT2D eigenvalue weighted by atomic mass is 9.91. The fourth-order valence-corrected chi connectivity index (χ4v) is 3.71. The van der Waals surface area contributed by atoms with Gasteiger partial charge >= 0.3 is 0 Å². The predicted molar refractivity (Wildman–Crippen MR) is 110 cm³/mol. The molecular weight excluding hydrogens is 383 g/mol. The number of pyridine rings is 1. The summed E-state index contributed by atoms with van der Waals surface area (Å²) in [5.74, 6) is 0.400. The van der Waals surface area contributed by atoms with E-state index in [1.54, 1.807) is 12.4 Å². The van der Waals surface area contributed by atoms with Gasteiger partial charge < -0.3 is 9.64 Å². The number of likely N-dealkylation sites (tertiary alicyclic amines) is 1. The molecule has 0 N–H and O–H groups in total. The van der Waals surface area contributed by atoms with Gasteiger partial charge in [0.05, 0.1) is 0 Å². The molecule has 1 aromatic carbocycles. The van der Waals surface area contributed by atoms with Crippen molar-refractivity contribution in [2.75, 3.05) is 19.7 Å². The summed E-state index contributed by atoms with van der Waals surface area (Å²) in [7, 11) is 0. The zero-order valence-corrected chi connectivity index (χ0v) is 16.8. The molecular formula is C23H23FN4O2. The van der Waals surface area contributed by atoms with Crippen molar-refractivity contribution in [1.82, 2.24) is 19.9 Å². The van der Waals surface area contributed by atoms with Crippen molar-refractivity contribution < 1.29 is 13.9 Å². The normalized spacial score (nSPS) is 14.5. The zero-order valence-electron chi connectivity index (χ0n) is 16.8. The molecule has 0 aliphatic carbocycles. The van der Waals surface area contributed by atoms with Gasteiger partial charge in [0.2, 0.25) is 0 Å². The second-order valence-corrected chi connectivity index (χ2v) is 7.45. The second-order valence-electron chi connectivity index (χ2n) is 7.45. The lowest BCUT2D eigenvalue weighted by molar-refractivity contribution is -0.134. The summed E-state index contributed by atoms with van der Waals surface area (Å²) in [6.45, 7) is 3.27. The Hall–Kier alpha value is -3.35. The number of hydrogen-bond acceptors (Lipinski definition) is 5. The fraction of sp³-hybridized carbons (Fsp3) is 0.304. The molecule has 3 heterocycles. The molecule has 1 amide bonds. The molecule has 1 aliphatic rings. The first-order valence-corrected chi connectivity index (χ1v) is 9.98. The Bertz CT molecular complexity index is 1000. The highest BCUT2D eigenvalue weighted by atomic mass is 19.1. The first kappa shape index (κ1) is 19.9. The van der Waals surface area contributed by atoms with Gasteiger partial charge in [-0.15, -0.1) is 0 Å². The topological polar surface area (TPSA) is 68.2 Å². The monoisotopic (exact) mass is 406 g/mol. The van der Waals surface area contributed by atoms with Crippen molar-refractivity contribution in [2.24, 2.45) is 0 Å². The number of amides is 1. The van der Waals surface area contributed by atoms with Crippen molar-refractivity contribution in [2.45, 2.75) is 25.7 Å². The number of halogens is 1. The quantitative estimate of drug-likeness (QED) is 0.645. The fourth-order valence-electron chi connectivity index (χ4n) is 3.71. The van der Waals surface area contributed by atoms with Crippen LogP contribution in [0, 0.1) is 12.7 Å². The van der Waals surface area contributed by atoms with E-state index in [-0.39, 0.29) is 18.3 Å². The molecule has 154 valence electrons. The minimum atomic E-state index is -0.330.